The number of nitrogens with zero attached hydrogens (tertiary/aromatic N) is 2. The van der Waals surface area contributed by atoms with Crippen molar-refractivity contribution in [1.29, 1.82) is 0 Å². The van der Waals surface area contributed by atoms with Gasteiger partial charge >= 0.3 is 0 Å². The second kappa shape index (κ2) is 6.86. The van der Waals surface area contributed by atoms with Crippen molar-refractivity contribution in [3.05, 3.63) is 39.9 Å². The number of nitrogens with one attached hydrogen (secondary N) is 1. The Labute approximate surface area is 141 Å². The minimum absolute atomic E-state index is 0.183. The predicted octanol–water partition coefficient (Wildman–Crippen LogP) is 1.90. The van der Waals surface area contributed by atoms with Crippen LogP contribution in [0, 0.1) is 16.0 Å². The molecule has 2 aliphatic rings. The van der Waals surface area contributed by atoms with Gasteiger partial charge in [-0.15, -0.1) is 0 Å². The molecule has 1 aliphatic heterocycles. The molecule has 4 unspecified atom stereocenters. The van der Waals surface area contributed by atoms with Crippen LogP contribution in [0.2, 0.25) is 0 Å². The Morgan fingerprint density at radius 2 is 2.00 bits per heavy atom. The van der Waals surface area contributed by atoms with Gasteiger partial charge < -0.3 is 10.1 Å². The summed E-state index contributed by atoms with van der Waals surface area (Å²) in [5.41, 5.74) is 1.76. The van der Waals surface area contributed by atoms with Crippen molar-refractivity contribution >= 4 is 11.6 Å². The van der Waals surface area contributed by atoms with Crippen molar-refractivity contribution < 1.29 is 14.5 Å². The van der Waals surface area contributed by atoms with Crippen molar-refractivity contribution in [3.63, 3.8) is 0 Å². The van der Waals surface area contributed by atoms with Crippen LogP contribution in [0.3, 0.4) is 0 Å². The lowest BCUT2D eigenvalue weighted by Gasteiger charge is -2.35. The Hall–Kier alpha value is -1.99. The molecule has 2 fully saturated rings. The maximum Gasteiger partial charge on any atom is 0.234 e. The number of rotatable bonds is 5. The largest absolute Gasteiger partial charge is 0.373 e. The topological polar surface area (TPSA) is 84.7 Å². The predicted molar refractivity (Wildman–Crippen MR) is 89.2 cm³/mol. The van der Waals surface area contributed by atoms with Gasteiger partial charge in [0.2, 0.25) is 11.9 Å². The molecule has 0 aromatic heterocycles. The Morgan fingerprint density at radius 3 is 2.62 bits per heavy atom. The second-order valence-electron chi connectivity index (χ2n) is 6.79. The summed E-state index contributed by atoms with van der Waals surface area (Å²) < 4.78 is 5.75. The molecular weight excluding hydrogens is 310 g/mol. The van der Waals surface area contributed by atoms with E-state index in [1.807, 2.05) is 24.3 Å². The van der Waals surface area contributed by atoms with Gasteiger partial charge in [0.25, 0.3) is 0 Å². The molecule has 24 heavy (non-hydrogen) atoms. The fraction of sp³-hybridized carbons (Fsp3) is 0.588. The third kappa shape index (κ3) is 3.91. The van der Waals surface area contributed by atoms with Crippen LogP contribution in [-0.2, 0) is 16.1 Å². The smallest absolute Gasteiger partial charge is 0.234 e. The van der Waals surface area contributed by atoms with E-state index in [-0.39, 0.29) is 23.0 Å². The third-order valence-electron chi connectivity index (χ3n) is 4.53. The number of nitro groups is 1. The molecule has 3 rings (SSSR count). The van der Waals surface area contributed by atoms with Crippen LogP contribution in [0.25, 0.3) is 0 Å². The molecule has 4 atom stereocenters. The van der Waals surface area contributed by atoms with Gasteiger partial charge in [-0.3, -0.25) is 19.8 Å². The molecule has 1 heterocycles. The van der Waals surface area contributed by atoms with Gasteiger partial charge in [-0.1, -0.05) is 18.2 Å². The van der Waals surface area contributed by atoms with Crippen molar-refractivity contribution in [1.82, 2.24) is 4.90 Å². The van der Waals surface area contributed by atoms with E-state index < -0.39 is 12.0 Å². The summed E-state index contributed by atoms with van der Waals surface area (Å²) in [6.45, 7) is 6.53. The fourth-order valence-electron chi connectivity index (χ4n) is 3.36. The van der Waals surface area contributed by atoms with Crippen molar-refractivity contribution in [2.24, 2.45) is 5.92 Å². The average molecular weight is 333 g/mol. The first-order valence-corrected chi connectivity index (χ1v) is 8.34. The SMILES string of the molecule is CC1CN(Cc2ccccc2NC(=O)C2CC2[N+](=O)[O-])CC(C)O1. The van der Waals surface area contributed by atoms with Gasteiger partial charge in [0.05, 0.1) is 12.2 Å². The van der Waals surface area contributed by atoms with Crippen LogP contribution in [0.15, 0.2) is 24.3 Å². The van der Waals surface area contributed by atoms with Crippen LogP contribution in [0.1, 0.15) is 25.8 Å². The van der Waals surface area contributed by atoms with Crippen molar-refractivity contribution in [3.8, 4) is 0 Å². The van der Waals surface area contributed by atoms with Gasteiger partial charge in [0.1, 0.15) is 5.92 Å². The molecule has 1 saturated carbocycles. The molecule has 7 heteroatoms. The normalized spacial score (nSPS) is 29.9. The molecular formula is C17H23N3O4. The molecule has 1 amide bonds. The molecule has 1 aliphatic carbocycles. The summed E-state index contributed by atoms with van der Waals surface area (Å²) in [6.07, 6.45) is 0.699. The fourth-order valence-corrected chi connectivity index (χ4v) is 3.36. The Morgan fingerprint density at radius 1 is 1.33 bits per heavy atom. The average Bonchev–Trinajstić information content (AvgIpc) is 3.29. The van der Waals surface area contributed by atoms with E-state index in [1.165, 1.54) is 0 Å². The summed E-state index contributed by atoms with van der Waals surface area (Å²) >= 11 is 0. The molecule has 1 saturated heterocycles. The lowest BCUT2D eigenvalue weighted by Crippen LogP contribution is -2.44. The summed E-state index contributed by atoms with van der Waals surface area (Å²) in [6, 6.07) is 6.91. The molecule has 1 aromatic rings. The molecule has 0 radical (unpaired) electrons. The Kier molecular flexibility index (Phi) is 4.82. The lowest BCUT2D eigenvalue weighted by atomic mass is 10.1. The molecule has 0 spiro atoms. The van der Waals surface area contributed by atoms with E-state index in [1.54, 1.807) is 0 Å². The lowest BCUT2D eigenvalue weighted by molar-refractivity contribution is -0.497. The van der Waals surface area contributed by atoms with Gasteiger partial charge in [-0.05, 0) is 25.5 Å². The highest BCUT2D eigenvalue weighted by atomic mass is 16.6. The number of ether oxygens (including phenoxy) is 1. The van der Waals surface area contributed by atoms with E-state index in [2.05, 4.69) is 24.1 Å². The van der Waals surface area contributed by atoms with E-state index in [0.29, 0.717) is 6.42 Å². The minimum atomic E-state index is -0.724. The van der Waals surface area contributed by atoms with Crippen LogP contribution < -0.4 is 5.32 Å². The van der Waals surface area contributed by atoms with Crippen LogP contribution in [0.4, 0.5) is 5.69 Å². The number of hydrogen-bond donors (Lipinski definition) is 1. The number of carbonyl (C=O) groups excluding carboxylic acids is 1. The molecule has 130 valence electrons. The number of morpholine rings is 1. The quantitative estimate of drug-likeness (QED) is 0.657. The highest BCUT2D eigenvalue weighted by molar-refractivity contribution is 5.95. The van der Waals surface area contributed by atoms with Gasteiger partial charge in [0, 0.05) is 36.7 Å². The van der Waals surface area contributed by atoms with Gasteiger partial charge in [-0.25, -0.2) is 0 Å². The third-order valence-corrected chi connectivity index (χ3v) is 4.53. The maximum atomic E-state index is 12.2. The number of para-hydroxylation sites is 1. The zero-order valence-corrected chi connectivity index (χ0v) is 14.0. The van der Waals surface area contributed by atoms with Gasteiger partial charge in [-0.2, -0.15) is 0 Å². The maximum absolute atomic E-state index is 12.2. The number of benzene rings is 1. The highest BCUT2D eigenvalue weighted by Crippen LogP contribution is 2.34. The van der Waals surface area contributed by atoms with Crippen LogP contribution in [0.5, 0.6) is 0 Å². The van der Waals surface area contributed by atoms with Crippen molar-refractivity contribution in [2.75, 3.05) is 18.4 Å². The van der Waals surface area contributed by atoms with E-state index >= 15 is 0 Å². The summed E-state index contributed by atoms with van der Waals surface area (Å²) in [5.74, 6) is -0.760. The molecule has 7 nitrogen and oxygen atoms in total. The first kappa shape index (κ1) is 16.9. The molecule has 1 aromatic carbocycles. The number of anilines is 1. The van der Waals surface area contributed by atoms with E-state index in [9.17, 15) is 14.9 Å². The monoisotopic (exact) mass is 333 g/mol. The van der Waals surface area contributed by atoms with Gasteiger partial charge in [0.15, 0.2) is 0 Å². The summed E-state index contributed by atoms with van der Waals surface area (Å²) in [4.78, 5) is 24.9. The minimum Gasteiger partial charge on any atom is -0.373 e. The summed E-state index contributed by atoms with van der Waals surface area (Å²) in [7, 11) is 0. The first-order valence-electron chi connectivity index (χ1n) is 8.34. The number of hydrogen-bond acceptors (Lipinski definition) is 5. The van der Waals surface area contributed by atoms with E-state index in [4.69, 9.17) is 4.74 Å². The highest BCUT2D eigenvalue weighted by Gasteiger charge is 2.53. The van der Waals surface area contributed by atoms with E-state index in [0.717, 1.165) is 30.9 Å². The second-order valence-corrected chi connectivity index (χ2v) is 6.79. The van der Waals surface area contributed by atoms with Crippen LogP contribution in [-0.4, -0.2) is 47.1 Å². The first-order chi connectivity index (χ1) is 11.4. The standard InChI is InChI=1S/C17H23N3O4/c1-11-8-19(9-12(2)24-11)10-13-5-3-4-6-15(13)18-17(21)14-7-16(14)20(22)23/h3-6,11-12,14,16H,7-10H2,1-2H3,(H,18,21). The van der Waals surface area contributed by atoms with Crippen LogP contribution >= 0.6 is 0 Å². The molecule has 1 N–H and O–H groups in total. The summed E-state index contributed by atoms with van der Waals surface area (Å²) in [5, 5.41) is 13.6. The number of amides is 1. The van der Waals surface area contributed by atoms with Crippen molar-refractivity contribution in [2.45, 2.75) is 45.1 Å². The Bertz CT molecular complexity index is 626. The Balaban J connectivity index is 1.65. The zero-order chi connectivity index (χ0) is 17.3. The number of carbonyl (C=O) groups is 1. The zero-order valence-electron chi connectivity index (χ0n) is 14.0. The molecule has 0 bridgehead atoms.